The number of morpholine rings is 1. The standard InChI is InChI=1S/C16H16N2OS/c1-11-16-13(4-9-20-16)14-10-12(2-3-15(14)17-11)18-5-7-19-8-6-18/h2-4,9-10,17H,1,5-8H2. The Bertz CT molecular complexity index is 671. The van der Waals surface area contributed by atoms with E-state index in [1.54, 1.807) is 11.3 Å². The summed E-state index contributed by atoms with van der Waals surface area (Å²) in [6.45, 7) is 7.68. The maximum atomic E-state index is 5.43. The molecule has 1 saturated heterocycles. The highest BCUT2D eigenvalue weighted by molar-refractivity contribution is 7.11. The van der Waals surface area contributed by atoms with Gasteiger partial charge in [0.05, 0.1) is 18.1 Å². The van der Waals surface area contributed by atoms with E-state index in [-0.39, 0.29) is 0 Å². The fraction of sp³-hybridized carbons (Fsp3) is 0.250. The molecule has 1 aromatic carbocycles. The van der Waals surface area contributed by atoms with Crippen LogP contribution in [-0.2, 0) is 4.74 Å². The van der Waals surface area contributed by atoms with Crippen molar-refractivity contribution in [3.8, 4) is 11.1 Å². The third-order valence-electron chi connectivity index (χ3n) is 3.89. The van der Waals surface area contributed by atoms with Crippen LogP contribution in [0.3, 0.4) is 0 Å². The lowest BCUT2D eigenvalue weighted by Gasteiger charge is -2.30. The number of anilines is 2. The lowest BCUT2D eigenvalue weighted by Crippen LogP contribution is -2.36. The molecule has 4 rings (SSSR count). The summed E-state index contributed by atoms with van der Waals surface area (Å²) in [6, 6.07) is 8.81. The fourth-order valence-corrected chi connectivity index (χ4v) is 3.70. The lowest BCUT2D eigenvalue weighted by atomic mass is 9.98. The van der Waals surface area contributed by atoms with Crippen molar-refractivity contribution in [3.63, 3.8) is 0 Å². The fourth-order valence-electron chi connectivity index (χ4n) is 2.86. The van der Waals surface area contributed by atoms with Crippen LogP contribution in [-0.4, -0.2) is 26.3 Å². The van der Waals surface area contributed by atoms with Gasteiger partial charge in [-0.1, -0.05) is 6.58 Å². The van der Waals surface area contributed by atoms with Crippen molar-refractivity contribution in [1.29, 1.82) is 0 Å². The Morgan fingerprint density at radius 1 is 1.15 bits per heavy atom. The zero-order chi connectivity index (χ0) is 13.5. The molecule has 0 radical (unpaired) electrons. The van der Waals surface area contributed by atoms with E-state index in [0.717, 1.165) is 37.7 Å². The minimum atomic E-state index is 0.815. The molecule has 3 heterocycles. The van der Waals surface area contributed by atoms with E-state index >= 15 is 0 Å². The second-order valence-electron chi connectivity index (χ2n) is 5.10. The van der Waals surface area contributed by atoms with Gasteiger partial charge in [-0.3, -0.25) is 0 Å². The van der Waals surface area contributed by atoms with Crippen LogP contribution in [0, 0.1) is 0 Å². The van der Waals surface area contributed by atoms with Crippen LogP contribution in [0.15, 0.2) is 36.2 Å². The number of hydrogen-bond donors (Lipinski definition) is 1. The molecule has 20 heavy (non-hydrogen) atoms. The first kappa shape index (κ1) is 12.0. The van der Waals surface area contributed by atoms with Gasteiger partial charge < -0.3 is 15.0 Å². The number of hydrogen-bond acceptors (Lipinski definition) is 4. The molecule has 0 amide bonds. The molecular formula is C16H16N2OS. The maximum Gasteiger partial charge on any atom is 0.0642 e. The van der Waals surface area contributed by atoms with Gasteiger partial charge in [0.2, 0.25) is 0 Å². The molecule has 2 aromatic rings. The van der Waals surface area contributed by atoms with Gasteiger partial charge in [0, 0.05) is 41.3 Å². The van der Waals surface area contributed by atoms with Crippen LogP contribution in [0.25, 0.3) is 16.8 Å². The molecule has 0 spiro atoms. The summed E-state index contributed by atoms with van der Waals surface area (Å²) in [5.41, 5.74) is 6.00. The topological polar surface area (TPSA) is 24.5 Å². The highest BCUT2D eigenvalue weighted by atomic mass is 32.1. The molecule has 4 heteroatoms. The SMILES string of the molecule is C=C1Nc2ccc(N3CCOCC3)cc2-c2ccsc21. The highest BCUT2D eigenvalue weighted by Gasteiger charge is 2.21. The van der Waals surface area contributed by atoms with E-state index in [1.165, 1.54) is 21.7 Å². The first-order valence-corrected chi connectivity index (χ1v) is 7.72. The molecule has 2 aliphatic heterocycles. The molecule has 1 aromatic heterocycles. The number of fused-ring (bicyclic) bond motifs is 3. The van der Waals surface area contributed by atoms with Crippen LogP contribution in [0.5, 0.6) is 0 Å². The van der Waals surface area contributed by atoms with Gasteiger partial charge >= 0.3 is 0 Å². The molecule has 1 N–H and O–H groups in total. The Morgan fingerprint density at radius 2 is 2.00 bits per heavy atom. The van der Waals surface area contributed by atoms with Crippen LogP contribution in [0.4, 0.5) is 11.4 Å². The van der Waals surface area contributed by atoms with Gasteiger partial charge in [0.25, 0.3) is 0 Å². The van der Waals surface area contributed by atoms with E-state index in [2.05, 4.69) is 46.4 Å². The molecule has 102 valence electrons. The highest BCUT2D eigenvalue weighted by Crippen LogP contribution is 2.43. The van der Waals surface area contributed by atoms with E-state index in [9.17, 15) is 0 Å². The number of benzene rings is 1. The summed E-state index contributed by atoms with van der Waals surface area (Å²) in [5.74, 6) is 0. The van der Waals surface area contributed by atoms with Crippen molar-refractivity contribution < 1.29 is 4.74 Å². The summed E-state index contributed by atoms with van der Waals surface area (Å²) in [7, 11) is 0. The number of thiophene rings is 1. The molecule has 1 fully saturated rings. The molecule has 2 aliphatic rings. The molecule has 0 atom stereocenters. The minimum absolute atomic E-state index is 0.815. The molecule has 0 bridgehead atoms. The number of nitrogens with one attached hydrogen (secondary N) is 1. The van der Waals surface area contributed by atoms with Crippen molar-refractivity contribution in [2.75, 3.05) is 36.5 Å². The van der Waals surface area contributed by atoms with Crippen molar-refractivity contribution in [3.05, 3.63) is 41.1 Å². The average molecular weight is 284 g/mol. The Hall–Kier alpha value is -1.78. The first-order valence-electron chi connectivity index (χ1n) is 6.84. The normalized spacial score (nSPS) is 17.4. The molecule has 3 nitrogen and oxygen atoms in total. The third-order valence-corrected chi connectivity index (χ3v) is 4.87. The predicted octanol–water partition coefficient (Wildman–Crippen LogP) is 3.65. The number of ether oxygens (including phenoxy) is 1. The zero-order valence-corrected chi connectivity index (χ0v) is 12.0. The lowest BCUT2D eigenvalue weighted by molar-refractivity contribution is 0.122. The number of nitrogens with zero attached hydrogens (tertiary/aromatic N) is 1. The molecule has 0 aliphatic carbocycles. The van der Waals surface area contributed by atoms with E-state index in [4.69, 9.17) is 4.74 Å². The Morgan fingerprint density at radius 3 is 2.85 bits per heavy atom. The Labute approximate surface area is 122 Å². The number of rotatable bonds is 1. The van der Waals surface area contributed by atoms with Crippen LogP contribution < -0.4 is 10.2 Å². The monoisotopic (exact) mass is 284 g/mol. The summed E-state index contributed by atoms with van der Waals surface area (Å²) in [4.78, 5) is 3.64. The van der Waals surface area contributed by atoms with Crippen LogP contribution in [0.2, 0.25) is 0 Å². The average Bonchev–Trinajstić information content (AvgIpc) is 2.98. The van der Waals surface area contributed by atoms with Crippen molar-refractivity contribution >= 4 is 28.4 Å². The van der Waals surface area contributed by atoms with Gasteiger partial charge in [-0.05, 0) is 29.6 Å². The van der Waals surface area contributed by atoms with Gasteiger partial charge in [-0.2, -0.15) is 0 Å². The van der Waals surface area contributed by atoms with E-state index in [1.807, 2.05) is 0 Å². The summed E-state index contributed by atoms with van der Waals surface area (Å²) in [6.07, 6.45) is 0. The molecule has 0 unspecified atom stereocenters. The summed E-state index contributed by atoms with van der Waals surface area (Å²) in [5, 5.41) is 5.54. The van der Waals surface area contributed by atoms with E-state index in [0.29, 0.717) is 0 Å². The van der Waals surface area contributed by atoms with Crippen LogP contribution >= 0.6 is 11.3 Å². The van der Waals surface area contributed by atoms with Gasteiger partial charge in [0.1, 0.15) is 0 Å². The van der Waals surface area contributed by atoms with Crippen molar-refractivity contribution in [2.45, 2.75) is 0 Å². The quantitative estimate of drug-likeness (QED) is 0.865. The van der Waals surface area contributed by atoms with Gasteiger partial charge in [-0.25, -0.2) is 0 Å². The largest absolute Gasteiger partial charge is 0.378 e. The summed E-state index contributed by atoms with van der Waals surface area (Å²) >= 11 is 1.74. The Balaban J connectivity index is 1.78. The molecule has 0 saturated carbocycles. The predicted molar refractivity (Wildman–Crippen MR) is 85.4 cm³/mol. The second-order valence-corrected chi connectivity index (χ2v) is 6.01. The van der Waals surface area contributed by atoms with Gasteiger partial charge in [0.15, 0.2) is 0 Å². The minimum Gasteiger partial charge on any atom is -0.378 e. The molecular weight excluding hydrogens is 268 g/mol. The first-order chi connectivity index (χ1) is 9.83. The van der Waals surface area contributed by atoms with Gasteiger partial charge in [-0.15, -0.1) is 11.3 Å². The maximum absolute atomic E-state index is 5.43. The van der Waals surface area contributed by atoms with Crippen molar-refractivity contribution in [2.24, 2.45) is 0 Å². The zero-order valence-electron chi connectivity index (χ0n) is 11.2. The van der Waals surface area contributed by atoms with Crippen molar-refractivity contribution in [1.82, 2.24) is 0 Å². The van der Waals surface area contributed by atoms with Crippen LogP contribution in [0.1, 0.15) is 4.88 Å². The van der Waals surface area contributed by atoms with E-state index < -0.39 is 0 Å². The summed E-state index contributed by atoms with van der Waals surface area (Å²) < 4.78 is 5.43. The Kier molecular flexibility index (Phi) is 2.79. The third kappa shape index (κ3) is 1.84. The second kappa shape index (κ2) is 4.65. The smallest absolute Gasteiger partial charge is 0.0642 e.